The van der Waals surface area contributed by atoms with Crippen molar-refractivity contribution in [3.05, 3.63) is 53.3 Å². The second-order valence-corrected chi connectivity index (χ2v) is 3.56. The second-order valence-electron chi connectivity index (χ2n) is 3.56. The molecule has 2 aromatic rings. The van der Waals surface area contributed by atoms with E-state index in [4.69, 9.17) is 5.11 Å². The Kier molecular flexibility index (Phi) is 3.00. The maximum absolute atomic E-state index is 10.8. The van der Waals surface area contributed by atoms with Crippen molar-refractivity contribution in [2.24, 2.45) is 0 Å². The molecule has 5 heteroatoms. The van der Waals surface area contributed by atoms with E-state index in [0.717, 1.165) is 5.56 Å². The molecule has 0 atom stereocenters. The standard InChI is InChI=1S/C12H10N2O3/c15-8-11-4-5-14(13-11)7-9-2-1-3-10(6-9)12(16)17/h1-6,8H,7H2,(H,16,17). The lowest BCUT2D eigenvalue weighted by molar-refractivity contribution is 0.0696. The van der Waals surface area contributed by atoms with E-state index in [9.17, 15) is 9.59 Å². The van der Waals surface area contributed by atoms with Crippen molar-refractivity contribution in [2.75, 3.05) is 0 Å². The number of aromatic nitrogens is 2. The second kappa shape index (κ2) is 4.61. The Labute approximate surface area is 97.3 Å². The van der Waals surface area contributed by atoms with Crippen LogP contribution in [0.1, 0.15) is 26.4 Å². The summed E-state index contributed by atoms with van der Waals surface area (Å²) < 4.78 is 1.59. The van der Waals surface area contributed by atoms with Gasteiger partial charge in [0.1, 0.15) is 5.69 Å². The molecule has 5 nitrogen and oxygen atoms in total. The van der Waals surface area contributed by atoms with E-state index in [-0.39, 0.29) is 5.56 Å². The third kappa shape index (κ3) is 2.57. The van der Waals surface area contributed by atoms with Crippen LogP contribution in [0.2, 0.25) is 0 Å². The number of benzene rings is 1. The fourth-order valence-corrected chi connectivity index (χ4v) is 1.52. The summed E-state index contributed by atoms with van der Waals surface area (Å²) in [4.78, 5) is 21.2. The number of hydrogen-bond acceptors (Lipinski definition) is 3. The smallest absolute Gasteiger partial charge is 0.335 e. The fourth-order valence-electron chi connectivity index (χ4n) is 1.52. The maximum Gasteiger partial charge on any atom is 0.335 e. The SMILES string of the molecule is O=Cc1ccn(Cc2cccc(C(=O)O)c2)n1. The highest BCUT2D eigenvalue weighted by Gasteiger charge is 2.04. The lowest BCUT2D eigenvalue weighted by Crippen LogP contribution is -2.03. The Hall–Kier alpha value is -2.43. The Morgan fingerprint density at radius 1 is 1.41 bits per heavy atom. The molecule has 0 unspecified atom stereocenters. The van der Waals surface area contributed by atoms with Crippen molar-refractivity contribution in [2.45, 2.75) is 6.54 Å². The molecule has 2 rings (SSSR count). The van der Waals surface area contributed by atoms with Crippen LogP contribution in [0.5, 0.6) is 0 Å². The first-order valence-corrected chi connectivity index (χ1v) is 5.00. The normalized spacial score (nSPS) is 10.1. The Balaban J connectivity index is 2.20. The summed E-state index contributed by atoms with van der Waals surface area (Å²) in [6.45, 7) is 0.439. The van der Waals surface area contributed by atoms with Crippen molar-refractivity contribution >= 4 is 12.3 Å². The van der Waals surface area contributed by atoms with Crippen LogP contribution in [0.25, 0.3) is 0 Å². The fraction of sp³-hybridized carbons (Fsp3) is 0.0833. The van der Waals surface area contributed by atoms with Crippen LogP contribution in [0.15, 0.2) is 36.5 Å². The third-order valence-electron chi connectivity index (χ3n) is 2.30. The molecule has 0 saturated carbocycles. The van der Waals surface area contributed by atoms with Crippen LogP contribution in [0, 0.1) is 0 Å². The highest BCUT2D eigenvalue weighted by atomic mass is 16.4. The van der Waals surface area contributed by atoms with Crippen molar-refractivity contribution in [1.82, 2.24) is 9.78 Å². The van der Waals surface area contributed by atoms with Crippen LogP contribution < -0.4 is 0 Å². The molecule has 0 saturated heterocycles. The Bertz CT molecular complexity index is 560. The number of nitrogens with zero attached hydrogens (tertiary/aromatic N) is 2. The van der Waals surface area contributed by atoms with Gasteiger partial charge in [-0.25, -0.2) is 4.79 Å². The van der Waals surface area contributed by atoms with E-state index >= 15 is 0 Å². The summed E-state index contributed by atoms with van der Waals surface area (Å²) in [5.41, 5.74) is 1.43. The zero-order valence-corrected chi connectivity index (χ0v) is 8.91. The van der Waals surface area contributed by atoms with E-state index in [1.54, 1.807) is 29.1 Å². The molecule has 1 N–H and O–H groups in total. The minimum atomic E-state index is -0.958. The molecule has 1 heterocycles. The van der Waals surface area contributed by atoms with Gasteiger partial charge in [0, 0.05) is 6.20 Å². The summed E-state index contributed by atoms with van der Waals surface area (Å²) in [6, 6.07) is 8.22. The summed E-state index contributed by atoms with van der Waals surface area (Å²) in [7, 11) is 0. The van der Waals surface area contributed by atoms with Gasteiger partial charge < -0.3 is 5.11 Å². The van der Waals surface area contributed by atoms with E-state index in [2.05, 4.69) is 5.10 Å². The number of rotatable bonds is 4. The van der Waals surface area contributed by atoms with Gasteiger partial charge in [-0.05, 0) is 23.8 Å². The molecule has 0 radical (unpaired) electrons. The zero-order valence-electron chi connectivity index (χ0n) is 8.91. The van der Waals surface area contributed by atoms with Gasteiger partial charge in [-0.15, -0.1) is 0 Å². The number of aldehydes is 1. The predicted molar refractivity (Wildman–Crippen MR) is 60.1 cm³/mol. The summed E-state index contributed by atoms with van der Waals surface area (Å²) >= 11 is 0. The van der Waals surface area contributed by atoms with Gasteiger partial charge in [-0.1, -0.05) is 12.1 Å². The number of aromatic carboxylic acids is 1. The molecular weight excluding hydrogens is 220 g/mol. The Morgan fingerprint density at radius 2 is 2.24 bits per heavy atom. The van der Waals surface area contributed by atoms with E-state index < -0.39 is 5.97 Å². The number of hydrogen-bond donors (Lipinski definition) is 1. The zero-order chi connectivity index (χ0) is 12.3. The minimum Gasteiger partial charge on any atom is -0.478 e. The molecule has 17 heavy (non-hydrogen) atoms. The summed E-state index contributed by atoms with van der Waals surface area (Å²) in [6.07, 6.45) is 2.35. The quantitative estimate of drug-likeness (QED) is 0.807. The number of carbonyl (C=O) groups is 2. The summed E-state index contributed by atoms with van der Waals surface area (Å²) in [5, 5.41) is 12.8. The summed E-state index contributed by atoms with van der Waals surface area (Å²) in [5.74, 6) is -0.958. The van der Waals surface area contributed by atoms with Gasteiger partial charge in [0.15, 0.2) is 6.29 Å². The van der Waals surface area contributed by atoms with Crippen LogP contribution in [-0.4, -0.2) is 27.1 Å². The highest BCUT2D eigenvalue weighted by Crippen LogP contribution is 2.07. The van der Waals surface area contributed by atoms with Gasteiger partial charge in [0.2, 0.25) is 0 Å². The average Bonchev–Trinajstić information content (AvgIpc) is 2.77. The van der Waals surface area contributed by atoms with Crippen molar-refractivity contribution in [3.63, 3.8) is 0 Å². The average molecular weight is 230 g/mol. The first kappa shape index (κ1) is 11.1. The molecule has 0 fully saturated rings. The first-order chi connectivity index (χ1) is 8.19. The number of carboxylic acid groups (broad SMARTS) is 1. The molecule has 1 aromatic heterocycles. The Morgan fingerprint density at radius 3 is 2.88 bits per heavy atom. The van der Waals surface area contributed by atoms with Crippen LogP contribution in [-0.2, 0) is 6.54 Å². The van der Waals surface area contributed by atoms with Gasteiger partial charge in [-0.3, -0.25) is 9.48 Å². The van der Waals surface area contributed by atoms with Crippen molar-refractivity contribution in [1.29, 1.82) is 0 Å². The highest BCUT2D eigenvalue weighted by molar-refractivity contribution is 5.87. The lowest BCUT2D eigenvalue weighted by atomic mass is 10.1. The molecule has 0 amide bonds. The first-order valence-electron chi connectivity index (χ1n) is 5.00. The van der Waals surface area contributed by atoms with Gasteiger partial charge in [-0.2, -0.15) is 5.10 Å². The topological polar surface area (TPSA) is 72.2 Å². The molecule has 0 aliphatic heterocycles. The van der Waals surface area contributed by atoms with Gasteiger partial charge >= 0.3 is 5.97 Å². The van der Waals surface area contributed by atoms with Crippen LogP contribution >= 0.6 is 0 Å². The maximum atomic E-state index is 10.8. The molecule has 0 bridgehead atoms. The minimum absolute atomic E-state index is 0.241. The van der Waals surface area contributed by atoms with E-state index in [1.807, 2.05) is 6.07 Å². The third-order valence-corrected chi connectivity index (χ3v) is 2.30. The molecule has 0 aliphatic carbocycles. The van der Waals surface area contributed by atoms with E-state index in [0.29, 0.717) is 18.5 Å². The van der Waals surface area contributed by atoms with Crippen molar-refractivity contribution < 1.29 is 14.7 Å². The number of carboxylic acids is 1. The van der Waals surface area contributed by atoms with Gasteiger partial charge in [0.25, 0.3) is 0 Å². The monoisotopic (exact) mass is 230 g/mol. The largest absolute Gasteiger partial charge is 0.478 e. The molecule has 1 aromatic carbocycles. The van der Waals surface area contributed by atoms with Crippen molar-refractivity contribution in [3.8, 4) is 0 Å². The molecule has 0 spiro atoms. The molecular formula is C12H10N2O3. The number of carbonyl (C=O) groups excluding carboxylic acids is 1. The predicted octanol–water partition coefficient (Wildman–Crippen LogP) is 1.44. The van der Waals surface area contributed by atoms with Crippen LogP contribution in [0.4, 0.5) is 0 Å². The van der Waals surface area contributed by atoms with E-state index in [1.165, 1.54) is 6.07 Å². The molecule has 86 valence electrons. The molecule has 0 aliphatic rings. The lowest BCUT2D eigenvalue weighted by Gasteiger charge is -2.02. The van der Waals surface area contributed by atoms with Gasteiger partial charge in [0.05, 0.1) is 12.1 Å². The van der Waals surface area contributed by atoms with Crippen LogP contribution in [0.3, 0.4) is 0 Å².